The Bertz CT molecular complexity index is 869. The summed E-state index contributed by atoms with van der Waals surface area (Å²) < 4.78 is 18.8. The number of carbonyl (C=O) groups is 2. The van der Waals surface area contributed by atoms with Gasteiger partial charge in [0.2, 0.25) is 0 Å². The van der Waals surface area contributed by atoms with E-state index in [1.807, 2.05) is 24.3 Å². The molecule has 3 rings (SSSR count). The molecule has 0 bridgehead atoms. The van der Waals surface area contributed by atoms with Crippen LogP contribution in [0.4, 0.5) is 9.18 Å². The summed E-state index contributed by atoms with van der Waals surface area (Å²) in [6.45, 7) is 3.57. The van der Waals surface area contributed by atoms with Crippen LogP contribution in [0.3, 0.4) is 0 Å². The lowest BCUT2D eigenvalue weighted by Crippen LogP contribution is -2.44. The van der Waals surface area contributed by atoms with Crippen molar-refractivity contribution in [3.8, 4) is 5.75 Å². The molecule has 154 valence electrons. The van der Waals surface area contributed by atoms with E-state index >= 15 is 0 Å². The number of carbonyl (C=O) groups excluding carboxylic acids is 2. The van der Waals surface area contributed by atoms with Crippen LogP contribution in [0.5, 0.6) is 5.75 Å². The fourth-order valence-corrected chi connectivity index (χ4v) is 3.44. The summed E-state index contributed by atoms with van der Waals surface area (Å²) >= 11 is 0. The molecule has 0 spiro atoms. The van der Waals surface area contributed by atoms with E-state index < -0.39 is 29.4 Å². The first kappa shape index (κ1) is 20.8. The molecule has 0 radical (unpaired) electrons. The quantitative estimate of drug-likeness (QED) is 0.668. The summed E-state index contributed by atoms with van der Waals surface area (Å²) in [5, 5.41) is 13.0. The third kappa shape index (κ3) is 4.24. The number of β-amino-alcohol motifs (C(OH)–C–C–N with tert-alkyl or cyclic N) is 1. The van der Waals surface area contributed by atoms with Crippen LogP contribution >= 0.6 is 0 Å². The second kappa shape index (κ2) is 8.61. The minimum absolute atomic E-state index is 0.0573. The first-order valence-corrected chi connectivity index (χ1v) is 9.69. The van der Waals surface area contributed by atoms with Crippen LogP contribution in [0.1, 0.15) is 31.4 Å². The van der Waals surface area contributed by atoms with E-state index in [0.717, 1.165) is 11.3 Å². The van der Waals surface area contributed by atoms with E-state index in [1.54, 1.807) is 6.92 Å². The SMILES string of the molecule is CCc1ccc(OCC(O)CN2C(=O)NC(CC)(c3ccc(F)cc3)C2=O)cc1. The molecular formula is C22H25FN2O4. The van der Waals surface area contributed by atoms with E-state index in [1.165, 1.54) is 29.8 Å². The van der Waals surface area contributed by atoms with Gasteiger partial charge in [-0.3, -0.25) is 9.69 Å². The van der Waals surface area contributed by atoms with Crippen LogP contribution in [-0.2, 0) is 16.8 Å². The lowest BCUT2D eigenvalue weighted by atomic mass is 9.87. The van der Waals surface area contributed by atoms with E-state index in [4.69, 9.17) is 4.74 Å². The monoisotopic (exact) mass is 400 g/mol. The zero-order chi connectivity index (χ0) is 21.0. The Morgan fingerprint density at radius 2 is 1.76 bits per heavy atom. The Hall–Kier alpha value is -2.93. The van der Waals surface area contributed by atoms with Crippen molar-refractivity contribution in [3.05, 3.63) is 65.5 Å². The number of urea groups is 1. The van der Waals surface area contributed by atoms with Crippen molar-refractivity contribution >= 4 is 11.9 Å². The van der Waals surface area contributed by atoms with E-state index in [-0.39, 0.29) is 13.2 Å². The number of hydrogen-bond acceptors (Lipinski definition) is 4. The van der Waals surface area contributed by atoms with Crippen LogP contribution in [-0.4, -0.2) is 41.2 Å². The molecule has 7 heteroatoms. The van der Waals surface area contributed by atoms with Gasteiger partial charge in [0.1, 0.15) is 29.8 Å². The van der Waals surface area contributed by atoms with Crippen molar-refractivity contribution in [2.24, 2.45) is 0 Å². The largest absolute Gasteiger partial charge is 0.491 e. The Morgan fingerprint density at radius 3 is 2.34 bits per heavy atom. The molecule has 1 fully saturated rings. The van der Waals surface area contributed by atoms with Crippen molar-refractivity contribution in [1.29, 1.82) is 0 Å². The van der Waals surface area contributed by atoms with Crippen molar-refractivity contribution < 1.29 is 23.8 Å². The fraction of sp³-hybridized carbons (Fsp3) is 0.364. The number of aryl methyl sites for hydroxylation is 1. The highest BCUT2D eigenvalue weighted by Gasteiger charge is 2.51. The first-order chi connectivity index (χ1) is 13.9. The first-order valence-electron chi connectivity index (χ1n) is 9.69. The lowest BCUT2D eigenvalue weighted by Gasteiger charge is -2.26. The molecule has 1 heterocycles. The molecule has 1 aliphatic rings. The average Bonchev–Trinajstić information content (AvgIpc) is 2.98. The molecule has 2 aromatic rings. The topological polar surface area (TPSA) is 78.9 Å². The number of nitrogens with one attached hydrogen (secondary N) is 1. The third-order valence-electron chi connectivity index (χ3n) is 5.21. The predicted molar refractivity (Wildman–Crippen MR) is 106 cm³/mol. The number of imide groups is 1. The summed E-state index contributed by atoms with van der Waals surface area (Å²) in [6.07, 6.45) is 0.176. The highest BCUT2D eigenvalue weighted by atomic mass is 19.1. The standard InChI is InChI=1S/C22H25FN2O4/c1-3-15-5-11-19(12-6-15)29-14-18(26)13-25-20(27)22(4-2,24-21(25)28)16-7-9-17(23)10-8-16/h5-12,18,26H,3-4,13-14H2,1-2H3,(H,24,28). The molecule has 1 saturated heterocycles. The Balaban J connectivity index is 1.66. The van der Waals surface area contributed by atoms with Gasteiger partial charge in [0.15, 0.2) is 0 Å². The van der Waals surface area contributed by atoms with Gasteiger partial charge in [0, 0.05) is 0 Å². The van der Waals surface area contributed by atoms with Gasteiger partial charge >= 0.3 is 6.03 Å². The number of rotatable bonds is 8. The minimum atomic E-state index is -1.26. The van der Waals surface area contributed by atoms with Gasteiger partial charge in [-0.2, -0.15) is 0 Å². The van der Waals surface area contributed by atoms with Gasteiger partial charge in [-0.15, -0.1) is 0 Å². The summed E-state index contributed by atoms with van der Waals surface area (Å²) in [6, 6.07) is 12.4. The van der Waals surface area contributed by atoms with Crippen molar-refractivity contribution in [2.45, 2.75) is 38.3 Å². The third-order valence-corrected chi connectivity index (χ3v) is 5.21. The molecule has 2 atom stereocenters. The molecule has 2 aromatic carbocycles. The van der Waals surface area contributed by atoms with E-state index in [0.29, 0.717) is 17.7 Å². The maximum atomic E-state index is 13.3. The summed E-state index contributed by atoms with van der Waals surface area (Å²) in [7, 11) is 0. The van der Waals surface area contributed by atoms with Crippen molar-refractivity contribution in [2.75, 3.05) is 13.2 Å². The number of aliphatic hydroxyl groups excluding tert-OH is 1. The zero-order valence-corrected chi connectivity index (χ0v) is 16.5. The summed E-state index contributed by atoms with van der Waals surface area (Å²) in [5.74, 6) is -0.288. The zero-order valence-electron chi connectivity index (χ0n) is 16.5. The molecular weight excluding hydrogens is 375 g/mol. The van der Waals surface area contributed by atoms with Crippen LogP contribution in [0.15, 0.2) is 48.5 Å². The number of halogens is 1. The second-order valence-corrected chi connectivity index (χ2v) is 7.07. The smallest absolute Gasteiger partial charge is 0.325 e. The van der Waals surface area contributed by atoms with Gasteiger partial charge in [0.05, 0.1) is 6.54 Å². The van der Waals surface area contributed by atoms with Gasteiger partial charge in [0.25, 0.3) is 5.91 Å². The second-order valence-electron chi connectivity index (χ2n) is 7.07. The summed E-state index contributed by atoms with van der Waals surface area (Å²) in [4.78, 5) is 26.5. The van der Waals surface area contributed by atoms with Crippen LogP contribution in [0, 0.1) is 5.82 Å². The van der Waals surface area contributed by atoms with Crippen LogP contribution < -0.4 is 10.1 Å². The number of nitrogens with zero attached hydrogens (tertiary/aromatic N) is 1. The molecule has 6 nitrogen and oxygen atoms in total. The van der Waals surface area contributed by atoms with E-state index in [9.17, 15) is 19.1 Å². The fourth-order valence-electron chi connectivity index (χ4n) is 3.44. The number of hydrogen-bond donors (Lipinski definition) is 2. The van der Waals surface area contributed by atoms with Gasteiger partial charge in [-0.1, -0.05) is 38.1 Å². The summed E-state index contributed by atoms with van der Waals surface area (Å²) in [5.41, 5.74) is 0.416. The molecule has 3 amide bonds. The molecule has 0 aliphatic carbocycles. The minimum Gasteiger partial charge on any atom is -0.491 e. The highest BCUT2D eigenvalue weighted by Crippen LogP contribution is 2.32. The van der Waals surface area contributed by atoms with Gasteiger partial charge < -0.3 is 15.2 Å². The maximum absolute atomic E-state index is 13.3. The van der Waals surface area contributed by atoms with Gasteiger partial charge in [-0.25, -0.2) is 9.18 Å². The average molecular weight is 400 g/mol. The Labute approximate surface area is 169 Å². The maximum Gasteiger partial charge on any atom is 0.325 e. The number of ether oxygens (including phenoxy) is 1. The molecule has 1 aliphatic heterocycles. The van der Waals surface area contributed by atoms with Crippen LogP contribution in [0.2, 0.25) is 0 Å². The highest BCUT2D eigenvalue weighted by molar-refractivity contribution is 6.07. The predicted octanol–water partition coefficient (Wildman–Crippen LogP) is 2.99. The van der Waals surface area contributed by atoms with Crippen molar-refractivity contribution in [3.63, 3.8) is 0 Å². The van der Waals surface area contributed by atoms with Crippen LogP contribution in [0.25, 0.3) is 0 Å². The number of benzene rings is 2. The van der Waals surface area contributed by atoms with Crippen molar-refractivity contribution in [1.82, 2.24) is 10.2 Å². The Morgan fingerprint density at radius 1 is 1.10 bits per heavy atom. The normalized spacial score (nSPS) is 19.9. The molecule has 2 unspecified atom stereocenters. The number of aliphatic hydroxyl groups is 1. The van der Waals surface area contributed by atoms with Gasteiger partial charge in [-0.05, 0) is 48.2 Å². The Kier molecular flexibility index (Phi) is 6.17. The lowest BCUT2D eigenvalue weighted by molar-refractivity contribution is -0.132. The van der Waals surface area contributed by atoms with E-state index in [2.05, 4.69) is 12.2 Å². The molecule has 0 aromatic heterocycles. The number of amides is 3. The molecule has 29 heavy (non-hydrogen) atoms. The molecule has 0 saturated carbocycles. The molecule has 2 N–H and O–H groups in total.